The lowest BCUT2D eigenvalue weighted by atomic mass is 9.87. The summed E-state index contributed by atoms with van der Waals surface area (Å²) in [4.78, 5) is 30.0. The molecule has 1 saturated heterocycles. The van der Waals surface area contributed by atoms with Gasteiger partial charge >= 0.3 is 11.9 Å². The third kappa shape index (κ3) is 6.37. The summed E-state index contributed by atoms with van der Waals surface area (Å²) in [5.41, 5.74) is 4.85. The number of nitrogens with zero attached hydrogens (tertiary/aromatic N) is 4. The lowest BCUT2D eigenvalue weighted by Crippen LogP contribution is -2.45. The number of allylic oxidation sites excluding steroid dienone is 1. The van der Waals surface area contributed by atoms with Crippen molar-refractivity contribution < 1.29 is 28.9 Å². The number of nitrogens with two attached hydrogens (primary N) is 1. The Morgan fingerprint density at radius 2 is 2.05 bits per heavy atom. The topological polar surface area (TPSA) is 174 Å². The van der Waals surface area contributed by atoms with Gasteiger partial charge in [-0.25, -0.2) is 9.50 Å². The van der Waals surface area contributed by atoms with Crippen LogP contribution in [-0.2, 0) is 29.4 Å². The van der Waals surface area contributed by atoms with E-state index in [1.165, 1.54) is 10.8 Å². The normalized spacial score (nSPS) is 25.8. The predicted molar refractivity (Wildman–Crippen MR) is 149 cm³/mol. The third-order valence-corrected chi connectivity index (χ3v) is 7.79. The van der Waals surface area contributed by atoms with Gasteiger partial charge in [0, 0.05) is 12.1 Å². The monoisotopic (exact) mass is 568 g/mol. The molecule has 12 heteroatoms. The minimum Gasteiger partial charge on any atom is -0.462 e. The Hall–Kier alpha value is -3.53. The molecule has 0 aromatic carbocycles. The Balaban J connectivity index is 1.65. The second kappa shape index (κ2) is 12.1. The molecule has 1 aliphatic heterocycles. The number of hydrogen-bond donors (Lipinski definition) is 3. The van der Waals surface area contributed by atoms with E-state index in [4.69, 9.17) is 19.9 Å². The summed E-state index contributed by atoms with van der Waals surface area (Å²) >= 11 is 0. The number of fused-ring (bicyclic) bond motifs is 1. The lowest BCUT2D eigenvalue weighted by molar-refractivity contribution is -0.162. The molecule has 0 amide bonds. The van der Waals surface area contributed by atoms with Crippen LogP contribution in [0.1, 0.15) is 71.9 Å². The first-order chi connectivity index (χ1) is 19.4. The molecule has 0 unspecified atom stereocenters. The van der Waals surface area contributed by atoms with Crippen LogP contribution in [0.2, 0.25) is 0 Å². The molecular weight excluding hydrogens is 528 g/mol. The van der Waals surface area contributed by atoms with Gasteiger partial charge in [0.15, 0.2) is 11.9 Å². The van der Waals surface area contributed by atoms with E-state index in [-0.39, 0.29) is 24.6 Å². The Morgan fingerprint density at radius 3 is 2.68 bits per heavy atom. The van der Waals surface area contributed by atoms with E-state index in [9.17, 15) is 20.0 Å². The molecule has 0 spiro atoms. The molecule has 5 atom stereocenters. The lowest BCUT2D eigenvalue weighted by Gasteiger charge is -2.26. The number of aromatic nitrogens is 3. The zero-order chi connectivity index (χ0) is 29.9. The first-order valence-electron chi connectivity index (χ1n) is 14.0. The van der Waals surface area contributed by atoms with Crippen molar-refractivity contribution >= 4 is 23.3 Å². The minimum absolute atomic E-state index is 0.196. The quantitative estimate of drug-likeness (QED) is 0.379. The first-order valence-corrected chi connectivity index (χ1v) is 14.0. The van der Waals surface area contributed by atoms with Gasteiger partial charge in [-0.1, -0.05) is 46.6 Å². The summed E-state index contributed by atoms with van der Waals surface area (Å²) in [5.74, 6) is -0.538. The molecule has 2 fully saturated rings. The van der Waals surface area contributed by atoms with Crippen LogP contribution < -0.4 is 11.1 Å². The summed E-state index contributed by atoms with van der Waals surface area (Å²) in [6.45, 7) is 10.6. The van der Waals surface area contributed by atoms with Crippen LogP contribution in [0.25, 0.3) is 5.52 Å². The van der Waals surface area contributed by atoms with Crippen LogP contribution in [0.4, 0.5) is 5.82 Å². The predicted octanol–water partition coefficient (Wildman–Crippen LogP) is 2.95. The van der Waals surface area contributed by atoms with Gasteiger partial charge < -0.3 is 30.4 Å². The number of rotatable bonds is 9. The molecular formula is C29H40N6O6. The molecule has 2 aromatic heterocycles. The molecule has 2 aliphatic rings. The maximum absolute atomic E-state index is 13.0. The number of esters is 2. The van der Waals surface area contributed by atoms with Crippen molar-refractivity contribution in [2.75, 3.05) is 11.9 Å². The molecule has 1 aliphatic carbocycles. The van der Waals surface area contributed by atoms with Crippen LogP contribution in [0.3, 0.4) is 0 Å². The molecule has 2 aromatic rings. The molecule has 222 valence electrons. The average Bonchev–Trinajstić information content (AvgIpc) is 3.47. The number of anilines is 1. The van der Waals surface area contributed by atoms with E-state index in [1.54, 1.807) is 19.1 Å². The molecule has 0 bridgehead atoms. The molecule has 41 heavy (non-hydrogen) atoms. The summed E-state index contributed by atoms with van der Waals surface area (Å²) in [6, 6.07) is 4.42. The van der Waals surface area contributed by atoms with Crippen LogP contribution >= 0.6 is 0 Å². The van der Waals surface area contributed by atoms with Crippen molar-refractivity contribution in [1.82, 2.24) is 14.6 Å². The van der Waals surface area contributed by atoms with Crippen molar-refractivity contribution in [2.45, 2.75) is 96.2 Å². The first kappa shape index (κ1) is 30.4. The Bertz CT molecular complexity index is 1320. The van der Waals surface area contributed by atoms with E-state index < -0.39 is 47.3 Å². The van der Waals surface area contributed by atoms with E-state index >= 15 is 0 Å². The standard InChI is InChI=1S/C29H40N6O6/c1-17(2)34-26-19-11-12-21(35(19)33-16-32-26)29(15-30)25(37)23(40-22(36)13-18-9-7-6-8-10-18)20(41-29)14-39-27(38)24(31)28(3,4)5/h11-12,16,18,20,23-25,37H,1,6-10,13-14,31H2,2-5H3,(H,32,33,34)/t20-,23-,24-,25-,29+/m1/s1. The molecule has 12 nitrogen and oxygen atoms in total. The van der Waals surface area contributed by atoms with E-state index in [1.807, 2.05) is 20.8 Å². The highest BCUT2D eigenvalue weighted by Gasteiger charge is 2.60. The fourth-order valence-electron chi connectivity index (χ4n) is 5.39. The van der Waals surface area contributed by atoms with Gasteiger partial charge in [-0.05, 0) is 43.2 Å². The molecule has 0 radical (unpaired) electrons. The Morgan fingerprint density at radius 1 is 1.34 bits per heavy atom. The second-order valence-electron chi connectivity index (χ2n) is 12.1. The number of nitriles is 1. The summed E-state index contributed by atoms with van der Waals surface area (Å²) in [6.07, 6.45) is 2.57. The van der Waals surface area contributed by atoms with Gasteiger partial charge in [0.2, 0.25) is 5.60 Å². The minimum atomic E-state index is -2.00. The number of hydrogen-bond acceptors (Lipinski definition) is 11. The van der Waals surface area contributed by atoms with Gasteiger partial charge in [0.1, 0.15) is 42.8 Å². The number of carbonyl (C=O) groups is 2. The molecule has 4 N–H and O–H groups in total. The smallest absolute Gasteiger partial charge is 0.323 e. The molecule has 4 rings (SSSR count). The van der Waals surface area contributed by atoms with Crippen molar-refractivity contribution in [2.24, 2.45) is 17.1 Å². The Labute approximate surface area is 239 Å². The summed E-state index contributed by atoms with van der Waals surface area (Å²) in [7, 11) is 0. The summed E-state index contributed by atoms with van der Waals surface area (Å²) < 4.78 is 18.9. The van der Waals surface area contributed by atoms with Crippen molar-refractivity contribution in [1.29, 1.82) is 5.26 Å². The third-order valence-electron chi connectivity index (χ3n) is 7.79. The number of carbonyl (C=O) groups excluding carboxylic acids is 2. The average molecular weight is 569 g/mol. The number of aliphatic hydroxyl groups excluding tert-OH is 1. The highest BCUT2D eigenvalue weighted by atomic mass is 16.6. The van der Waals surface area contributed by atoms with Crippen molar-refractivity contribution in [3.05, 3.63) is 36.4 Å². The van der Waals surface area contributed by atoms with Crippen LogP contribution in [0, 0.1) is 22.7 Å². The highest BCUT2D eigenvalue weighted by molar-refractivity contribution is 5.76. The van der Waals surface area contributed by atoms with Crippen molar-refractivity contribution in [3.8, 4) is 6.07 Å². The SMILES string of the molecule is C=C(C)Nc1ncnn2c([C@]3(C#N)O[C@H](COC(=O)[C@@H](N)C(C)(C)C)[C@@H](OC(=O)CC4CCCCC4)[C@H]3O)ccc12. The maximum atomic E-state index is 13.0. The number of aliphatic hydroxyl groups is 1. The summed E-state index contributed by atoms with van der Waals surface area (Å²) in [5, 5.41) is 29.4. The fraction of sp³-hybridized carbons (Fsp3) is 0.621. The molecule has 3 heterocycles. The van der Waals surface area contributed by atoms with E-state index in [0.717, 1.165) is 32.1 Å². The molecule has 1 saturated carbocycles. The van der Waals surface area contributed by atoms with Crippen molar-refractivity contribution in [3.63, 3.8) is 0 Å². The highest BCUT2D eigenvalue weighted by Crippen LogP contribution is 2.42. The van der Waals surface area contributed by atoms with Gasteiger partial charge in [-0.2, -0.15) is 10.4 Å². The number of ether oxygens (including phenoxy) is 3. The maximum Gasteiger partial charge on any atom is 0.323 e. The van der Waals surface area contributed by atoms with Gasteiger partial charge in [0.25, 0.3) is 0 Å². The number of nitrogens with one attached hydrogen (secondary N) is 1. The zero-order valence-corrected chi connectivity index (χ0v) is 24.1. The van der Waals surface area contributed by atoms with E-state index in [2.05, 4.69) is 28.0 Å². The van der Waals surface area contributed by atoms with Crippen LogP contribution in [0.15, 0.2) is 30.7 Å². The van der Waals surface area contributed by atoms with Gasteiger partial charge in [-0.3, -0.25) is 9.59 Å². The Kier molecular flexibility index (Phi) is 9.01. The van der Waals surface area contributed by atoms with E-state index in [0.29, 0.717) is 17.0 Å². The van der Waals surface area contributed by atoms with Crippen LogP contribution in [0.5, 0.6) is 0 Å². The fourth-order valence-corrected chi connectivity index (χ4v) is 5.39. The second-order valence-corrected chi connectivity index (χ2v) is 12.1. The van der Waals surface area contributed by atoms with Gasteiger partial charge in [0.05, 0.1) is 5.69 Å². The zero-order valence-electron chi connectivity index (χ0n) is 24.1. The van der Waals surface area contributed by atoms with Gasteiger partial charge in [-0.15, -0.1) is 0 Å². The largest absolute Gasteiger partial charge is 0.462 e. The van der Waals surface area contributed by atoms with Crippen LogP contribution in [-0.4, -0.2) is 62.6 Å².